The Morgan fingerprint density at radius 2 is 1.67 bits per heavy atom. The second kappa shape index (κ2) is 5.39. The molecule has 1 amide bonds. The first-order valence-electron chi connectivity index (χ1n) is 1.39. The van der Waals surface area contributed by atoms with Crippen molar-refractivity contribution in [3.05, 3.63) is 0 Å². The molecule has 0 spiro atoms. The molecule has 0 aromatic rings. The second-order valence-electron chi connectivity index (χ2n) is 1.07. The molecule has 0 aliphatic rings. The van der Waals surface area contributed by atoms with Crippen molar-refractivity contribution < 1.29 is 4.79 Å². The van der Waals surface area contributed by atoms with Crippen LogP contribution in [0.1, 0.15) is 0 Å². The number of carbonyl (C=O) groups excluding carboxylic acids is 1. The molecule has 0 atom stereocenters. The van der Waals surface area contributed by atoms with Crippen LogP contribution >= 0.6 is 0 Å². The molecular weight excluding hydrogens is 273 g/mol. The Hall–Kier alpha value is 0.392. The van der Waals surface area contributed by atoms with Crippen LogP contribution in [0.2, 0.25) is 0 Å². The Balaban J connectivity index is 0. The fourth-order valence-corrected chi connectivity index (χ4v) is 0. The van der Waals surface area contributed by atoms with Crippen molar-refractivity contribution in [2.75, 3.05) is 14.1 Å². The SMILES string of the molecule is CN(C)C=O.[PbH2]. The minimum atomic E-state index is 0. The number of hydrogen-bond acceptors (Lipinski definition) is 1. The maximum atomic E-state index is 9.43. The van der Waals surface area contributed by atoms with E-state index in [2.05, 4.69) is 0 Å². The van der Waals surface area contributed by atoms with Crippen molar-refractivity contribution >= 4 is 33.7 Å². The predicted octanol–water partition coefficient (Wildman–Crippen LogP) is -1.21. The molecule has 2 nitrogen and oxygen atoms in total. The molecule has 2 radical (unpaired) electrons. The second-order valence-corrected chi connectivity index (χ2v) is 1.07. The van der Waals surface area contributed by atoms with Crippen LogP contribution < -0.4 is 0 Å². The normalized spacial score (nSPS) is 5.67. The third kappa shape index (κ3) is 8.83. The minimum absolute atomic E-state index is 0. The summed E-state index contributed by atoms with van der Waals surface area (Å²) in [6, 6.07) is 0. The molecule has 0 aromatic heterocycles. The van der Waals surface area contributed by atoms with Crippen LogP contribution in [-0.4, -0.2) is 52.7 Å². The number of carbonyl (C=O) groups is 1. The summed E-state index contributed by atoms with van der Waals surface area (Å²) in [4.78, 5) is 10.9. The van der Waals surface area contributed by atoms with Gasteiger partial charge < -0.3 is 4.90 Å². The number of nitrogens with zero attached hydrogens (tertiary/aromatic N) is 1. The van der Waals surface area contributed by atoms with Gasteiger partial charge in [0.1, 0.15) is 0 Å². The Kier molecular flexibility index (Phi) is 8.66. The first-order chi connectivity index (χ1) is 2.27. The van der Waals surface area contributed by atoms with E-state index in [1.165, 1.54) is 4.90 Å². The molecule has 0 N–H and O–H groups in total. The molecule has 0 saturated carbocycles. The van der Waals surface area contributed by atoms with E-state index >= 15 is 0 Å². The maximum absolute atomic E-state index is 9.43. The quantitative estimate of drug-likeness (QED) is 0.436. The molecule has 0 aromatic carbocycles. The first-order valence-corrected chi connectivity index (χ1v) is 1.39. The van der Waals surface area contributed by atoms with Gasteiger partial charge in [-0.05, 0) is 0 Å². The zero-order valence-electron chi connectivity index (χ0n) is 4.14. The summed E-state index contributed by atoms with van der Waals surface area (Å²) in [5, 5.41) is 0. The number of amides is 1. The molecule has 0 fully saturated rings. The van der Waals surface area contributed by atoms with Gasteiger partial charge in [-0.3, -0.25) is 4.79 Å². The van der Waals surface area contributed by atoms with Crippen LogP contribution in [-0.2, 0) is 4.79 Å². The van der Waals surface area contributed by atoms with E-state index in [1.54, 1.807) is 14.1 Å². The van der Waals surface area contributed by atoms with Crippen LogP contribution in [0.15, 0.2) is 0 Å². The van der Waals surface area contributed by atoms with Gasteiger partial charge in [0.25, 0.3) is 0 Å². The van der Waals surface area contributed by atoms with Gasteiger partial charge >= 0.3 is 27.3 Å². The zero-order chi connectivity index (χ0) is 4.28. The van der Waals surface area contributed by atoms with Gasteiger partial charge in [-0.15, -0.1) is 0 Å². The monoisotopic (exact) mass is 283 g/mol. The van der Waals surface area contributed by atoms with Crippen molar-refractivity contribution in [3.63, 3.8) is 0 Å². The summed E-state index contributed by atoms with van der Waals surface area (Å²) in [5.41, 5.74) is 0. The molecule has 3 heteroatoms. The van der Waals surface area contributed by atoms with Crippen molar-refractivity contribution in [2.45, 2.75) is 0 Å². The van der Waals surface area contributed by atoms with Gasteiger partial charge in [0, 0.05) is 14.1 Å². The van der Waals surface area contributed by atoms with Crippen molar-refractivity contribution in [1.82, 2.24) is 4.90 Å². The van der Waals surface area contributed by atoms with E-state index in [9.17, 15) is 4.79 Å². The third-order valence-corrected chi connectivity index (χ3v) is 0.211. The molecule has 0 heterocycles. The van der Waals surface area contributed by atoms with E-state index in [0.29, 0.717) is 0 Å². The van der Waals surface area contributed by atoms with Crippen molar-refractivity contribution in [2.24, 2.45) is 0 Å². The summed E-state index contributed by atoms with van der Waals surface area (Å²) in [7, 11) is 3.38. The molecule has 0 rings (SSSR count). The number of rotatable bonds is 1. The van der Waals surface area contributed by atoms with E-state index in [4.69, 9.17) is 0 Å². The summed E-state index contributed by atoms with van der Waals surface area (Å²) in [6.07, 6.45) is 0.750. The molecule has 0 aliphatic heterocycles. The van der Waals surface area contributed by atoms with E-state index in [-0.39, 0.29) is 27.3 Å². The average molecular weight is 282 g/mol. The molecule has 0 unspecified atom stereocenters. The predicted molar refractivity (Wildman–Crippen MR) is 28.3 cm³/mol. The van der Waals surface area contributed by atoms with Crippen LogP contribution in [0.25, 0.3) is 0 Å². The summed E-state index contributed by atoms with van der Waals surface area (Å²) >= 11 is 0. The van der Waals surface area contributed by atoms with E-state index < -0.39 is 0 Å². The van der Waals surface area contributed by atoms with Crippen LogP contribution in [0, 0.1) is 0 Å². The molecule has 0 saturated heterocycles. The Morgan fingerprint density at radius 3 is 1.67 bits per heavy atom. The molecule has 0 bridgehead atoms. The van der Waals surface area contributed by atoms with Crippen LogP contribution in [0.3, 0.4) is 0 Å². The van der Waals surface area contributed by atoms with E-state index in [0.717, 1.165) is 6.41 Å². The Morgan fingerprint density at radius 1 is 1.50 bits per heavy atom. The standard InChI is InChI=1S/C3H7NO.Pb.2H/c1-4(2)3-5;;;/h3H,1-2H3;;;. The zero-order valence-corrected chi connectivity index (χ0v) is 9.64. The summed E-state index contributed by atoms with van der Waals surface area (Å²) in [6.45, 7) is 0. The summed E-state index contributed by atoms with van der Waals surface area (Å²) < 4.78 is 0. The Labute approximate surface area is 57.7 Å². The Bertz CT molecular complexity index is 37.8. The molecular formula is C3H9NOPb. The molecule has 36 valence electrons. The van der Waals surface area contributed by atoms with Crippen molar-refractivity contribution in [1.29, 1.82) is 0 Å². The van der Waals surface area contributed by atoms with Crippen LogP contribution in [0.5, 0.6) is 0 Å². The van der Waals surface area contributed by atoms with Gasteiger partial charge in [0.15, 0.2) is 0 Å². The van der Waals surface area contributed by atoms with E-state index in [1.807, 2.05) is 0 Å². The fourth-order valence-electron chi connectivity index (χ4n) is 0. The topological polar surface area (TPSA) is 20.3 Å². The molecule has 6 heavy (non-hydrogen) atoms. The fraction of sp³-hybridized carbons (Fsp3) is 0.667. The van der Waals surface area contributed by atoms with Gasteiger partial charge in [0.05, 0.1) is 0 Å². The van der Waals surface area contributed by atoms with Crippen LogP contribution in [0.4, 0.5) is 0 Å². The van der Waals surface area contributed by atoms with Gasteiger partial charge in [-0.1, -0.05) is 0 Å². The average Bonchev–Trinajstić information content (AvgIpc) is 1.38. The number of hydrogen-bond donors (Lipinski definition) is 0. The van der Waals surface area contributed by atoms with Crippen molar-refractivity contribution in [3.8, 4) is 0 Å². The summed E-state index contributed by atoms with van der Waals surface area (Å²) in [5.74, 6) is 0. The molecule has 0 aliphatic carbocycles. The van der Waals surface area contributed by atoms with Gasteiger partial charge in [0.2, 0.25) is 6.41 Å². The van der Waals surface area contributed by atoms with Gasteiger partial charge in [-0.25, -0.2) is 0 Å². The first kappa shape index (κ1) is 9.63. The van der Waals surface area contributed by atoms with Gasteiger partial charge in [-0.2, -0.15) is 0 Å². The third-order valence-electron chi connectivity index (χ3n) is 0.211.